The molecule has 2 nitrogen and oxygen atoms in total. The second-order valence-electron chi connectivity index (χ2n) is 3.91. The average Bonchev–Trinajstić information content (AvgIpc) is 2.43. The summed E-state index contributed by atoms with van der Waals surface area (Å²) in [6, 6.07) is 6.11. The van der Waals surface area contributed by atoms with Crippen molar-refractivity contribution in [2.24, 2.45) is 0 Å². The third kappa shape index (κ3) is 2.99. The number of rotatable bonds is 2. The fourth-order valence-corrected chi connectivity index (χ4v) is 2.11. The van der Waals surface area contributed by atoms with E-state index in [-0.39, 0.29) is 5.69 Å². The van der Waals surface area contributed by atoms with Crippen LogP contribution in [-0.4, -0.2) is 5.91 Å². The van der Waals surface area contributed by atoms with Gasteiger partial charge >= 0.3 is 0 Å². The minimum absolute atomic E-state index is 0.163. The number of hydrogen-bond donors (Lipinski definition) is 1. The Morgan fingerprint density at radius 3 is 1.95 bits per heavy atom. The number of benzene rings is 2. The number of amides is 1. The smallest absolute Gasteiger partial charge is 0.261 e. The van der Waals surface area contributed by atoms with Gasteiger partial charge in [-0.1, -0.05) is 6.07 Å². The van der Waals surface area contributed by atoms with Crippen LogP contribution < -0.4 is 5.32 Å². The molecule has 0 aliphatic heterocycles. The van der Waals surface area contributed by atoms with Crippen LogP contribution in [-0.2, 0) is 0 Å². The van der Waals surface area contributed by atoms with Crippen LogP contribution in [0.3, 0.4) is 0 Å². The maximum absolute atomic E-state index is 13.5. The lowest BCUT2D eigenvalue weighted by atomic mass is 10.1. The molecule has 1 amide bonds. The van der Waals surface area contributed by atoms with E-state index in [0.717, 1.165) is 0 Å². The predicted molar refractivity (Wildman–Crippen MR) is 73.3 cm³/mol. The molecular formula is C13H5F5INO. The van der Waals surface area contributed by atoms with E-state index in [1.165, 1.54) is 12.1 Å². The highest BCUT2D eigenvalue weighted by molar-refractivity contribution is 14.1. The molecule has 0 aromatic heterocycles. The molecule has 2 aromatic carbocycles. The van der Waals surface area contributed by atoms with Crippen LogP contribution in [0.5, 0.6) is 0 Å². The second kappa shape index (κ2) is 5.96. The van der Waals surface area contributed by atoms with Gasteiger partial charge in [-0.05, 0) is 40.8 Å². The van der Waals surface area contributed by atoms with Crippen LogP contribution in [0.25, 0.3) is 0 Å². The topological polar surface area (TPSA) is 29.1 Å². The van der Waals surface area contributed by atoms with Gasteiger partial charge < -0.3 is 5.32 Å². The number of anilines is 1. The van der Waals surface area contributed by atoms with Gasteiger partial charge in [-0.25, -0.2) is 22.0 Å². The number of nitrogens with one attached hydrogen (secondary N) is 1. The molecule has 8 heteroatoms. The Morgan fingerprint density at radius 2 is 1.43 bits per heavy atom. The van der Waals surface area contributed by atoms with E-state index >= 15 is 0 Å². The molecule has 0 atom stereocenters. The first-order valence-corrected chi connectivity index (χ1v) is 6.49. The minimum atomic E-state index is -2.31. The summed E-state index contributed by atoms with van der Waals surface area (Å²) in [5, 5.41) is 2.08. The van der Waals surface area contributed by atoms with Gasteiger partial charge in [0.15, 0.2) is 23.3 Å². The van der Waals surface area contributed by atoms with Gasteiger partial charge in [0.25, 0.3) is 5.91 Å². The summed E-state index contributed by atoms with van der Waals surface area (Å²) in [5.41, 5.74) is -1.36. The molecule has 1 N–H and O–H groups in total. The third-order valence-electron chi connectivity index (χ3n) is 2.52. The third-order valence-corrected chi connectivity index (χ3v) is 3.19. The van der Waals surface area contributed by atoms with Gasteiger partial charge in [-0.2, -0.15) is 0 Å². The molecule has 0 aliphatic rings. The van der Waals surface area contributed by atoms with Gasteiger partial charge in [-0.3, -0.25) is 4.79 Å². The summed E-state index contributed by atoms with van der Waals surface area (Å²) in [6.45, 7) is 0. The molecule has 0 radical (unpaired) electrons. The van der Waals surface area contributed by atoms with Gasteiger partial charge in [-0.15, -0.1) is 0 Å². The van der Waals surface area contributed by atoms with Crippen molar-refractivity contribution in [1.82, 2.24) is 0 Å². The molecule has 0 bridgehead atoms. The normalized spacial score (nSPS) is 10.6. The zero-order valence-electron chi connectivity index (χ0n) is 9.99. The molecule has 0 saturated heterocycles. The van der Waals surface area contributed by atoms with Crippen LogP contribution in [0.1, 0.15) is 10.4 Å². The maximum atomic E-state index is 13.5. The standard InChI is InChI=1S/C13H5F5INO/c14-8-7(9(15)11(17)12(18)10(8)16)13(21)20-6-3-1-2-5(19)4-6/h1-4H,(H,20,21). The molecule has 2 aromatic rings. The van der Waals surface area contributed by atoms with Crippen molar-refractivity contribution in [3.8, 4) is 0 Å². The molecular weight excluding hydrogens is 408 g/mol. The minimum Gasteiger partial charge on any atom is -0.322 e. The van der Waals surface area contributed by atoms with Crippen molar-refractivity contribution >= 4 is 34.2 Å². The van der Waals surface area contributed by atoms with Crippen LogP contribution in [0.4, 0.5) is 27.6 Å². The zero-order valence-corrected chi connectivity index (χ0v) is 12.1. The van der Waals surface area contributed by atoms with Crippen LogP contribution in [0, 0.1) is 32.7 Å². The van der Waals surface area contributed by atoms with Crippen molar-refractivity contribution in [2.45, 2.75) is 0 Å². The number of hydrogen-bond acceptors (Lipinski definition) is 1. The van der Waals surface area contributed by atoms with Crippen molar-refractivity contribution in [3.63, 3.8) is 0 Å². The maximum Gasteiger partial charge on any atom is 0.261 e. The molecule has 0 spiro atoms. The highest BCUT2D eigenvalue weighted by Crippen LogP contribution is 2.24. The van der Waals surface area contributed by atoms with Crippen molar-refractivity contribution < 1.29 is 26.7 Å². The van der Waals surface area contributed by atoms with Crippen molar-refractivity contribution in [1.29, 1.82) is 0 Å². The van der Waals surface area contributed by atoms with E-state index < -0.39 is 40.6 Å². The quantitative estimate of drug-likeness (QED) is 0.340. The Hall–Kier alpha value is -1.71. The Morgan fingerprint density at radius 1 is 0.905 bits per heavy atom. The van der Waals surface area contributed by atoms with Crippen molar-refractivity contribution in [2.75, 3.05) is 5.32 Å². The molecule has 0 unspecified atom stereocenters. The summed E-state index contributed by atoms with van der Waals surface area (Å²) in [5.74, 6) is -12.4. The first kappa shape index (κ1) is 15.7. The van der Waals surface area contributed by atoms with Crippen molar-refractivity contribution in [3.05, 3.63) is 62.5 Å². The predicted octanol–water partition coefficient (Wildman–Crippen LogP) is 4.24. The summed E-state index contributed by atoms with van der Waals surface area (Å²) in [6.07, 6.45) is 0. The second-order valence-corrected chi connectivity index (χ2v) is 5.16. The molecule has 21 heavy (non-hydrogen) atoms. The lowest BCUT2D eigenvalue weighted by molar-refractivity contribution is 0.101. The van der Waals surface area contributed by atoms with Crippen LogP contribution in [0.2, 0.25) is 0 Å². The van der Waals surface area contributed by atoms with Crippen LogP contribution in [0.15, 0.2) is 24.3 Å². The summed E-state index contributed by atoms with van der Waals surface area (Å²) in [7, 11) is 0. The Labute approximate surface area is 129 Å². The SMILES string of the molecule is O=C(Nc1cccc(I)c1)c1c(F)c(F)c(F)c(F)c1F. The highest BCUT2D eigenvalue weighted by atomic mass is 127. The fourth-order valence-electron chi connectivity index (χ4n) is 1.56. The summed E-state index contributed by atoms with van der Waals surface area (Å²) < 4.78 is 66.5. The zero-order chi connectivity index (χ0) is 15.7. The molecule has 2 rings (SSSR count). The van der Waals surface area contributed by atoms with Gasteiger partial charge in [0.1, 0.15) is 5.56 Å². The van der Waals surface area contributed by atoms with E-state index in [2.05, 4.69) is 5.32 Å². The van der Waals surface area contributed by atoms with Crippen LogP contribution >= 0.6 is 22.6 Å². The van der Waals surface area contributed by atoms with E-state index in [1.807, 2.05) is 22.6 Å². The summed E-state index contributed by atoms with van der Waals surface area (Å²) in [4.78, 5) is 11.7. The Kier molecular flexibility index (Phi) is 4.45. The van der Waals surface area contributed by atoms with Gasteiger partial charge in [0, 0.05) is 9.26 Å². The molecule has 0 fully saturated rings. The van der Waals surface area contributed by atoms with E-state index in [4.69, 9.17) is 0 Å². The molecule has 110 valence electrons. The van der Waals surface area contributed by atoms with E-state index in [9.17, 15) is 26.7 Å². The lowest BCUT2D eigenvalue weighted by Crippen LogP contribution is -2.19. The fraction of sp³-hybridized carbons (Fsp3) is 0. The highest BCUT2D eigenvalue weighted by Gasteiger charge is 2.29. The molecule has 0 heterocycles. The van der Waals surface area contributed by atoms with E-state index in [0.29, 0.717) is 3.57 Å². The first-order valence-electron chi connectivity index (χ1n) is 5.41. The first-order chi connectivity index (χ1) is 9.82. The summed E-state index contributed by atoms with van der Waals surface area (Å²) >= 11 is 1.93. The van der Waals surface area contributed by atoms with Gasteiger partial charge in [0.2, 0.25) is 5.82 Å². The Balaban J connectivity index is 2.45. The number of carbonyl (C=O) groups excluding carboxylic acids is 1. The average molecular weight is 413 g/mol. The largest absolute Gasteiger partial charge is 0.322 e. The van der Waals surface area contributed by atoms with E-state index in [1.54, 1.807) is 12.1 Å². The molecule has 0 saturated carbocycles. The lowest BCUT2D eigenvalue weighted by Gasteiger charge is -2.09. The molecule has 0 aliphatic carbocycles. The monoisotopic (exact) mass is 413 g/mol. The number of halogens is 6. The number of carbonyl (C=O) groups is 1. The van der Waals surface area contributed by atoms with Gasteiger partial charge in [0.05, 0.1) is 0 Å². The Bertz CT molecular complexity index is 706.